The molecule has 2 rings (SSSR count). The first-order valence-corrected chi connectivity index (χ1v) is 5.31. The Labute approximate surface area is 97.6 Å². The highest BCUT2D eigenvalue weighted by molar-refractivity contribution is 6.32. The van der Waals surface area contributed by atoms with Crippen molar-refractivity contribution in [3.8, 4) is 5.75 Å². The minimum atomic E-state index is -0.982. The van der Waals surface area contributed by atoms with Crippen LogP contribution in [0.3, 0.4) is 0 Å². The monoisotopic (exact) mass is 241 g/mol. The van der Waals surface area contributed by atoms with Crippen LogP contribution in [0.2, 0.25) is 5.02 Å². The highest BCUT2D eigenvalue weighted by Gasteiger charge is 2.51. The first kappa shape index (κ1) is 11.2. The van der Waals surface area contributed by atoms with Crippen molar-refractivity contribution < 1.29 is 15.0 Å². The van der Waals surface area contributed by atoms with Crippen LogP contribution in [0.4, 0.5) is 0 Å². The van der Waals surface area contributed by atoms with Gasteiger partial charge in [0.2, 0.25) is 0 Å². The fourth-order valence-electron chi connectivity index (χ4n) is 2.24. The number of carbonyl (C=O) groups is 1. The smallest absolute Gasteiger partial charge is 0.314 e. The minimum absolute atomic E-state index is 0.0258. The third kappa shape index (κ3) is 1.54. The molecule has 0 aliphatic heterocycles. The molecule has 1 saturated carbocycles. The quantitative estimate of drug-likeness (QED) is 0.733. The molecule has 0 unspecified atom stereocenters. The predicted octanol–water partition coefficient (Wildman–Crippen LogP) is 1.49. The molecule has 5 heteroatoms. The maximum absolute atomic E-state index is 11.3. The number of rotatable bonds is 2. The molecule has 0 amide bonds. The molecule has 0 heterocycles. The third-order valence-corrected chi connectivity index (χ3v) is 3.41. The van der Waals surface area contributed by atoms with Crippen LogP contribution >= 0.6 is 11.6 Å². The maximum Gasteiger partial charge on any atom is 0.314 e. The lowest BCUT2D eigenvalue weighted by atomic mass is 9.62. The largest absolute Gasteiger partial charge is 0.508 e. The summed E-state index contributed by atoms with van der Waals surface area (Å²) in [5.41, 5.74) is 5.20. The summed E-state index contributed by atoms with van der Waals surface area (Å²) >= 11 is 5.95. The molecule has 0 radical (unpaired) electrons. The molecular weight excluding hydrogens is 230 g/mol. The van der Waals surface area contributed by atoms with Crippen molar-refractivity contribution in [3.05, 3.63) is 28.8 Å². The second kappa shape index (κ2) is 3.64. The van der Waals surface area contributed by atoms with Crippen molar-refractivity contribution in [2.45, 2.75) is 24.3 Å². The van der Waals surface area contributed by atoms with Crippen molar-refractivity contribution in [2.24, 2.45) is 5.73 Å². The molecule has 1 aliphatic carbocycles. The van der Waals surface area contributed by atoms with Gasteiger partial charge in [0.15, 0.2) is 0 Å². The second-order valence-corrected chi connectivity index (χ2v) is 4.63. The van der Waals surface area contributed by atoms with E-state index in [9.17, 15) is 15.0 Å². The predicted molar refractivity (Wildman–Crippen MR) is 59.6 cm³/mol. The standard InChI is InChI=1S/C11H12ClNO3/c12-9-3-7(14)1-2-8(9)11(10(15)16)4-6(13)5-11/h1-3,6,14H,4-5,13H2,(H,15,16). The van der Waals surface area contributed by atoms with E-state index in [4.69, 9.17) is 17.3 Å². The van der Waals surface area contributed by atoms with Crippen molar-refractivity contribution in [1.29, 1.82) is 0 Å². The summed E-state index contributed by atoms with van der Waals surface area (Å²) in [6.07, 6.45) is 0.764. The zero-order chi connectivity index (χ0) is 11.9. The van der Waals surface area contributed by atoms with E-state index < -0.39 is 11.4 Å². The molecule has 4 nitrogen and oxygen atoms in total. The summed E-state index contributed by atoms with van der Waals surface area (Å²) < 4.78 is 0. The van der Waals surface area contributed by atoms with Crippen molar-refractivity contribution in [2.75, 3.05) is 0 Å². The zero-order valence-corrected chi connectivity index (χ0v) is 9.24. The molecule has 4 N–H and O–H groups in total. The van der Waals surface area contributed by atoms with Gasteiger partial charge in [-0.1, -0.05) is 17.7 Å². The van der Waals surface area contributed by atoms with E-state index in [1.165, 1.54) is 12.1 Å². The number of halogens is 1. The second-order valence-electron chi connectivity index (χ2n) is 4.22. The molecule has 0 atom stereocenters. The van der Waals surface area contributed by atoms with Crippen molar-refractivity contribution >= 4 is 17.6 Å². The van der Waals surface area contributed by atoms with Gasteiger partial charge in [-0.3, -0.25) is 4.79 Å². The molecule has 1 aromatic rings. The zero-order valence-electron chi connectivity index (χ0n) is 8.48. The highest BCUT2D eigenvalue weighted by atomic mass is 35.5. The van der Waals surface area contributed by atoms with Crippen LogP contribution in [-0.2, 0) is 10.2 Å². The molecule has 0 aromatic heterocycles. The molecule has 1 aromatic carbocycles. The van der Waals surface area contributed by atoms with Gasteiger partial charge in [-0.2, -0.15) is 0 Å². The van der Waals surface area contributed by atoms with E-state index in [0.717, 1.165) is 0 Å². The number of phenols is 1. The number of phenolic OH excluding ortho intramolecular Hbond substituents is 1. The molecule has 1 fully saturated rings. The van der Waals surface area contributed by atoms with Gasteiger partial charge in [0.05, 0.1) is 5.41 Å². The van der Waals surface area contributed by atoms with E-state index in [2.05, 4.69) is 0 Å². The van der Waals surface area contributed by atoms with Crippen LogP contribution in [0.15, 0.2) is 18.2 Å². The summed E-state index contributed by atoms with van der Waals surface area (Å²) in [6, 6.07) is 4.25. The van der Waals surface area contributed by atoms with E-state index in [0.29, 0.717) is 18.4 Å². The Morgan fingerprint density at radius 1 is 1.50 bits per heavy atom. The minimum Gasteiger partial charge on any atom is -0.508 e. The van der Waals surface area contributed by atoms with Crippen molar-refractivity contribution in [1.82, 2.24) is 0 Å². The van der Waals surface area contributed by atoms with Gasteiger partial charge in [0.1, 0.15) is 5.75 Å². The molecule has 0 saturated heterocycles. The number of hydrogen-bond acceptors (Lipinski definition) is 3. The van der Waals surface area contributed by atoms with Gasteiger partial charge >= 0.3 is 5.97 Å². The van der Waals surface area contributed by atoms with E-state index >= 15 is 0 Å². The van der Waals surface area contributed by atoms with Crippen LogP contribution in [0.5, 0.6) is 5.75 Å². The van der Waals surface area contributed by atoms with Gasteiger partial charge in [0, 0.05) is 11.1 Å². The van der Waals surface area contributed by atoms with Crippen LogP contribution in [-0.4, -0.2) is 22.2 Å². The fraction of sp³-hybridized carbons (Fsp3) is 0.364. The van der Waals surface area contributed by atoms with Crippen LogP contribution in [0.1, 0.15) is 18.4 Å². The van der Waals surface area contributed by atoms with Crippen LogP contribution < -0.4 is 5.73 Å². The normalized spacial score (nSPS) is 28.5. The van der Waals surface area contributed by atoms with Crippen LogP contribution in [0.25, 0.3) is 0 Å². The Hall–Kier alpha value is -1.26. The number of carboxylic acids is 1. The van der Waals surface area contributed by atoms with E-state index in [1.54, 1.807) is 6.07 Å². The van der Waals surface area contributed by atoms with E-state index in [-0.39, 0.29) is 16.8 Å². The number of carboxylic acid groups (broad SMARTS) is 1. The lowest BCUT2D eigenvalue weighted by Crippen LogP contribution is -2.54. The Kier molecular flexibility index (Phi) is 2.56. The Morgan fingerprint density at radius 2 is 2.12 bits per heavy atom. The average molecular weight is 242 g/mol. The molecule has 86 valence electrons. The molecule has 0 spiro atoms. The fourth-order valence-corrected chi connectivity index (χ4v) is 2.59. The number of nitrogens with two attached hydrogens (primary N) is 1. The third-order valence-electron chi connectivity index (χ3n) is 3.10. The number of aliphatic carboxylic acids is 1. The Bertz CT molecular complexity index is 441. The average Bonchev–Trinajstić information content (AvgIpc) is 2.12. The molecular formula is C11H12ClNO3. The molecule has 1 aliphatic rings. The van der Waals surface area contributed by atoms with Gasteiger partial charge in [-0.15, -0.1) is 0 Å². The Morgan fingerprint density at radius 3 is 2.56 bits per heavy atom. The van der Waals surface area contributed by atoms with Crippen molar-refractivity contribution in [3.63, 3.8) is 0 Å². The topological polar surface area (TPSA) is 83.6 Å². The van der Waals surface area contributed by atoms with Gasteiger partial charge in [-0.25, -0.2) is 0 Å². The lowest BCUT2D eigenvalue weighted by molar-refractivity contribution is -0.148. The summed E-state index contributed by atoms with van der Waals surface area (Å²) in [6.45, 7) is 0. The maximum atomic E-state index is 11.3. The molecule has 0 bridgehead atoms. The SMILES string of the molecule is NC1CC(C(=O)O)(c2ccc(O)cc2Cl)C1. The van der Waals surface area contributed by atoms with E-state index in [1.807, 2.05) is 0 Å². The van der Waals surface area contributed by atoms with Crippen LogP contribution in [0, 0.1) is 0 Å². The number of benzene rings is 1. The first-order chi connectivity index (χ1) is 7.45. The Balaban J connectivity index is 2.45. The number of hydrogen-bond donors (Lipinski definition) is 3. The van der Waals surface area contributed by atoms with Gasteiger partial charge < -0.3 is 15.9 Å². The summed E-state index contributed by atoms with van der Waals surface area (Å²) in [5.74, 6) is -0.889. The lowest BCUT2D eigenvalue weighted by Gasteiger charge is -2.43. The highest BCUT2D eigenvalue weighted by Crippen LogP contribution is 2.46. The summed E-state index contributed by atoms with van der Waals surface area (Å²) in [5, 5.41) is 18.8. The van der Waals surface area contributed by atoms with Gasteiger partial charge in [-0.05, 0) is 30.5 Å². The summed E-state index contributed by atoms with van der Waals surface area (Å²) in [4.78, 5) is 11.3. The van der Waals surface area contributed by atoms with Gasteiger partial charge in [0.25, 0.3) is 0 Å². The molecule has 16 heavy (non-hydrogen) atoms. The first-order valence-electron chi connectivity index (χ1n) is 4.94. The summed E-state index contributed by atoms with van der Waals surface area (Å²) in [7, 11) is 0. The number of aromatic hydroxyl groups is 1.